The predicted molar refractivity (Wildman–Crippen MR) is 66.2 cm³/mol. The van der Waals surface area contributed by atoms with Gasteiger partial charge in [-0.2, -0.15) is 0 Å². The van der Waals surface area contributed by atoms with Gasteiger partial charge in [0.05, 0.1) is 18.2 Å². The van der Waals surface area contributed by atoms with Crippen molar-refractivity contribution in [1.29, 1.82) is 0 Å². The third kappa shape index (κ3) is 3.23. The summed E-state index contributed by atoms with van der Waals surface area (Å²) in [5, 5.41) is 0. The normalized spacial score (nSPS) is 9.94. The molecular formula is C12H15BrO3. The molecule has 0 amide bonds. The van der Waals surface area contributed by atoms with Crippen LogP contribution in [0.15, 0.2) is 16.6 Å². The molecule has 0 aliphatic heterocycles. The molecule has 0 unspecified atom stereocenters. The van der Waals surface area contributed by atoms with E-state index in [-0.39, 0.29) is 0 Å². The van der Waals surface area contributed by atoms with Gasteiger partial charge in [0.1, 0.15) is 17.8 Å². The molecule has 16 heavy (non-hydrogen) atoms. The highest BCUT2D eigenvalue weighted by Crippen LogP contribution is 2.33. The summed E-state index contributed by atoms with van der Waals surface area (Å²) in [5.74, 6) is 1.43. The SMILES string of the molecule is CCCOc1cc(OC)c(Br)cc1CC=O. The molecule has 0 saturated heterocycles. The van der Waals surface area contributed by atoms with Crippen molar-refractivity contribution in [3.05, 3.63) is 22.2 Å². The maximum absolute atomic E-state index is 10.6. The van der Waals surface area contributed by atoms with Gasteiger partial charge in [-0.15, -0.1) is 0 Å². The van der Waals surface area contributed by atoms with Crippen LogP contribution in [-0.2, 0) is 11.2 Å². The fraction of sp³-hybridized carbons (Fsp3) is 0.417. The first-order valence-corrected chi connectivity index (χ1v) is 5.95. The van der Waals surface area contributed by atoms with Crippen molar-refractivity contribution in [3.8, 4) is 11.5 Å². The van der Waals surface area contributed by atoms with E-state index in [9.17, 15) is 4.79 Å². The van der Waals surface area contributed by atoms with Crippen LogP contribution in [0.5, 0.6) is 11.5 Å². The van der Waals surface area contributed by atoms with Gasteiger partial charge in [-0.25, -0.2) is 0 Å². The summed E-state index contributed by atoms with van der Waals surface area (Å²) in [6, 6.07) is 3.66. The molecule has 4 heteroatoms. The van der Waals surface area contributed by atoms with Gasteiger partial charge in [-0.1, -0.05) is 6.92 Å². The third-order valence-electron chi connectivity index (χ3n) is 2.10. The molecule has 0 bridgehead atoms. The lowest BCUT2D eigenvalue weighted by Gasteiger charge is -2.12. The highest BCUT2D eigenvalue weighted by molar-refractivity contribution is 9.10. The Bertz CT molecular complexity index is 364. The average molecular weight is 287 g/mol. The van der Waals surface area contributed by atoms with E-state index in [1.165, 1.54) is 0 Å². The van der Waals surface area contributed by atoms with E-state index in [0.717, 1.165) is 22.7 Å². The Morgan fingerprint density at radius 2 is 2.12 bits per heavy atom. The van der Waals surface area contributed by atoms with Crippen molar-refractivity contribution in [3.63, 3.8) is 0 Å². The van der Waals surface area contributed by atoms with Crippen molar-refractivity contribution < 1.29 is 14.3 Å². The minimum atomic E-state index is 0.349. The molecule has 0 fully saturated rings. The number of aldehydes is 1. The van der Waals surface area contributed by atoms with Crippen molar-refractivity contribution in [2.75, 3.05) is 13.7 Å². The van der Waals surface area contributed by atoms with Crippen molar-refractivity contribution >= 4 is 22.2 Å². The zero-order valence-electron chi connectivity index (χ0n) is 9.46. The predicted octanol–water partition coefficient (Wildman–Crippen LogP) is 2.99. The van der Waals surface area contributed by atoms with Crippen molar-refractivity contribution in [1.82, 2.24) is 0 Å². The fourth-order valence-corrected chi connectivity index (χ4v) is 1.88. The van der Waals surface area contributed by atoms with Gasteiger partial charge in [-0.3, -0.25) is 0 Å². The number of carbonyl (C=O) groups is 1. The molecule has 3 nitrogen and oxygen atoms in total. The summed E-state index contributed by atoms with van der Waals surface area (Å²) in [7, 11) is 1.60. The largest absolute Gasteiger partial charge is 0.495 e. The van der Waals surface area contributed by atoms with Gasteiger partial charge in [-0.05, 0) is 28.4 Å². The van der Waals surface area contributed by atoms with Crippen LogP contribution in [0, 0.1) is 0 Å². The first-order valence-electron chi connectivity index (χ1n) is 5.15. The summed E-state index contributed by atoms with van der Waals surface area (Å²) in [6.45, 7) is 2.67. The summed E-state index contributed by atoms with van der Waals surface area (Å²) in [4.78, 5) is 10.6. The first kappa shape index (κ1) is 13.0. The van der Waals surface area contributed by atoms with Crippen LogP contribution in [0.3, 0.4) is 0 Å². The summed E-state index contributed by atoms with van der Waals surface area (Å²) >= 11 is 3.38. The zero-order chi connectivity index (χ0) is 12.0. The Balaban J connectivity index is 3.03. The molecule has 0 aromatic heterocycles. The van der Waals surface area contributed by atoms with E-state index < -0.39 is 0 Å². The highest BCUT2D eigenvalue weighted by Gasteiger charge is 2.09. The Morgan fingerprint density at radius 3 is 2.69 bits per heavy atom. The minimum Gasteiger partial charge on any atom is -0.495 e. The lowest BCUT2D eigenvalue weighted by atomic mass is 10.1. The van der Waals surface area contributed by atoms with Gasteiger partial charge in [0, 0.05) is 18.1 Å². The molecular weight excluding hydrogens is 272 g/mol. The number of halogens is 1. The Hall–Kier alpha value is -1.03. The molecule has 0 radical (unpaired) electrons. The number of benzene rings is 1. The molecule has 0 aliphatic carbocycles. The fourth-order valence-electron chi connectivity index (χ4n) is 1.33. The summed E-state index contributed by atoms with van der Waals surface area (Å²) < 4.78 is 11.6. The number of carbonyl (C=O) groups excluding carboxylic acids is 1. The summed E-state index contributed by atoms with van der Waals surface area (Å²) in [6.07, 6.45) is 2.15. The molecule has 0 N–H and O–H groups in total. The quantitative estimate of drug-likeness (QED) is 0.754. The third-order valence-corrected chi connectivity index (χ3v) is 2.72. The molecule has 1 aromatic carbocycles. The van der Waals surface area contributed by atoms with Gasteiger partial charge in [0.2, 0.25) is 0 Å². The molecule has 0 aliphatic rings. The summed E-state index contributed by atoms with van der Waals surface area (Å²) in [5.41, 5.74) is 0.871. The smallest absolute Gasteiger partial charge is 0.136 e. The van der Waals surface area contributed by atoms with E-state index in [0.29, 0.717) is 24.5 Å². The number of ether oxygens (including phenoxy) is 2. The molecule has 0 heterocycles. The standard InChI is InChI=1S/C12H15BrO3/c1-3-6-16-11-8-12(15-2)10(13)7-9(11)4-5-14/h5,7-8H,3-4,6H2,1-2H3. The maximum Gasteiger partial charge on any atom is 0.136 e. The molecule has 0 atom stereocenters. The molecule has 0 spiro atoms. The van der Waals surface area contributed by atoms with Crippen LogP contribution in [-0.4, -0.2) is 20.0 Å². The Kier molecular flexibility index (Phi) is 5.32. The highest BCUT2D eigenvalue weighted by atomic mass is 79.9. The number of hydrogen-bond acceptors (Lipinski definition) is 3. The van der Waals surface area contributed by atoms with Crippen LogP contribution in [0.2, 0.25) is 0 Å². The van der Waals surface area contributed by atoms with Crippen molar-refractivity contribution in [2.24, 2.45) is 0 Å². The van der Waals surface area contributed by atoms with E-state index in [2.05, 4.69) is 15.9 Å². The first-order chi connectivity index (χ1) is 7.72. The van der Waals surface area contributed by atoms with Gasteiger partial charge in [0.15, 0.2) is 0 Å². The van der Waals surface area contributed by atoms with Crippen molar-refractivity contribution in [2.45, 2.75) is 19.8 Å². The molecule has 88 valence electrons. The second-order valence-electron chi connectivity index (χ2n) is 3.31. The monoisotopic (exact) mass is 286 g/mol. The molecule has 1 rings (SSSR count). The molecule has 0 saturated carbocycles. The van der Waals surface area contributed by atoms with E-state index in [1.807, 2.05) is 13.0 Å². The minimum absolute atomic E-state index is 0.349. The van der Waals surface area contributed by atoms with Crippen LogP contribution in [0.4, 0.5) is 0 Å². The van der Waals surface area contributed by atoms with E-state index in [1.54, 1.807) is 13.2 Å². The van der Waals surface area contributed by atoms with Crippen LogP contribution in [0.1, 0.15) is 18.9 Å². The second kappa shape index (κ2) is 6.53. The Morgan fingerprint density at radius 1 is 1.38 bits per heavy atom. The number of rotatable bonds is 6. The van der Waals surface area contributed by atoms with Crippen LogP contribution < -0.4 is 9.47 Å². The van der Waals surface area contributed by atoms with Gasteiger partial charge in [0.25, 0.3) is 0 Å². The number of methoxy groups -OCH3 is 1. The van der Waals surface area contributed by atoms with E-state index in [4.69, 9.17) is 9.47 Å². The van der Waals surface area contributed by atoms with Crippen LogP contribution >= 0.6 is 15.9 Å². The van der Waals surface area contributed by atoms with Gasteiger partial charge < -0.3 is 14.3 Å². The van der Waals surface area contributed by atoms with E-state index >= 15 is 0 Å². The average Bonchev–Trinajstić information content (AvgIpc) is 2.28. The molecule has 1 aromatic rings. The van der Waals surface area contributed by atoms with Gasteiger partial charge >= 0.3 is 0 Å². The number of hydrogen-bond donors (Lipinski definition) is 0. The zero-order valence-corrected chi connectivity index (χ0v) is 11.0. The Labute approximate surface area is 104 Å². The second-order valence-corrected chi connectivity index (χ2v) is 4.17. The topological polar surface area (TPSA) is 35.5 Å². The lowest BCUT2D eigenvalue weighted by molar-refractivity contribution is -0.107. The lowest BCUT2D eigenvalue weighted by Crippen LogP contribution is -2.00. The maximum atomic E-state index is 10.6. The van der Waals surface area contributed by atoms with Crippen LogP contribution in [0.25, 0.3) is 0 Å².